The Labute approximate surface area is 111 Å². The average molecular weight is 266 g/mol. The van der Waals surface area contributed by atoms with E-state index >= 15 is 0 Å². The number of nitro benzene ring substituents is 1. The molecule has 2 rings (SSSR count). The van der Waals surface area contributed by atoms with Crippen LogP contribution in [0.15, 0.2) is 18.2 Å². The summed E-state index contributed by atoms with van der Waals surface area (Å²) in [6.45, 7) is 4.84. The summed E-state index contributed by atoms with van der Waals surface area (Å²) in [5.74, 6) is 0. The number of ether oxygens (including phenoxy) is 1. The van der Waals surface area contributed by atoms with Gasteiger partial charge >= 0.3 is 0 Å². The fourth-order valence-corrected chi connectivity index (χ4v) is 2.30. The highest BCUT2D eigenvalue weighted by molar-refractivity contribution is 5.56. The third kappa shape index (κ3) is 3.02. The number of aliphatic hydroxyl groups excluding tert-OH is 1. The van der Waals surface area contributed by atoms with Crippen LogP contribution in [0, 0.1) is 17.0 Å². The second-order valence-electron chi connectivity index (χ2n) is 4.92. The minimum Gasteiger partial charge on any atom is -0.394 e. The summed E-state index contributed by atoms with van der Waals surface area (Å²) in [4.78, 5) is 12.6. The van der Waals surface area contributed by atoms with Crippen LogP contribution in [-0.4, -0.2) is 41.9 Å². The first-order chi connectivity index (χ1) is 9.01. The molecule has 0 amide bonds. The van der Waals surface area contributed by atoms with Crippen molar-refractivity contribution in [3.05, 3.63) is 33.9 Å². The van der Waals surface area contributed by atoms with Crippen LogP contribution in [0.4, 0.5) is 11.4 Å². The summed E-state index contributed by atoms with van der Waals surface area (Å²) in [6, 6.07) is 5.18. The molecule has 1 aliphatic heterocycles. The van der Waals surface area contributed by atoms with Crippen molar-refractivity contribution < 1.29 is 14.8 Å². The molecule has 1 aliphatic rings. The van der Waals surface area contributed by atoms with Crippen molar-refractivity contribution in [2.24, 2.45) is 0 Å². The van der Waals surface area contributed by atoms with E-state index in [9.17, 15) is 15.2 Å². The fourth-order valence-electron chi connectivity index (χ4n) is 2.30. The maximum absolute atomic E-state index is 10.9. The normalized spacial score (nSPS) is 23.4. The number of non-ortho nitro benzene ring substituents is 1. The van der Waals surface area contributed by atoms with E-state index in [1.54, 1.807) is 12.1 Å². The lowest BCUT2D eigenvalue weighted by molar-refractivity contribution is -0.384. The third-order valence-corrected chi connectivity index (χ3v) is 3.30. The van der Waals surface area contributed by atoms with Gasteiger partial charge in [-0.15, -0.1) is 0 Å². The Morgan fingerprint density at radius 2 is 2.26 bits per heavy atom. The Bertz CT molecular complexity index is 478. The standard InChI is InChI=1S/C13H18N2O4/c1-9-3-11(5-12(4-9)15(17)18)14-6-13(7-16)19-8-10(14)2/h3-5,10,13,16H,6-8H2,1-2H3. The van der Waals surface area contributed by atoms with Crippen LogP contribution in [0.5, 0.6) is 0 Å². The van der Waals surface area contributed by atoms with Crippen LogP contribution in [0.25, 0.3) is 0 Å². The van der Waals surface area contributed by atoms with Crippen LogP contribution in [0.3, 0.4) is 0 Å². The molecule has 6 heteroatoms. The van der Waals surface area contributed by atoms with Gasteiger partial charge < -0.3 is 14.7 Å². The zero-order chi connectivity index (χ0) is 14.0. The van der Waals surface area contributed by atoms with Crippen LogP contribution >= 0.6 is 0 Å². The predicted octanol–water partition coefficient (Wildman–Crippen LogP) is 1.49. The van der Waals surface area contributed by atoms with Gasteiger partial charge in [0.2, 0.25) is 0 Å². The van der Waals surface area contributed by atoms with E-state index in [1.165, 1.54) is 0 Å². The third-order valence-electron chi connectivity index (χ3n) is 3.30. The molecule has 0 saturated carbocycles. The molecule has 1 fully saturated rings. The van der Waals surface area contributed by atoms with E-state index in [4.69, 9.17) is 4.74 Å². The summed E-state index contributed by atoms with van der Waals surface area (Å²) < 4.78 is 5.47. The second-order valence-corrected chi connectivity index (χ2v) is 4.92. The van der Waals surface area contributed by atoms with E-state index in [0.29, 0.717) is 13.2 Å². The highest BCUT2D eigenvalue weighted by Crippen LogP contribution is 2.27. The van der Waals surface area contributed by atoms with Gasteiger partial charge in [0.15, 0.2) is 0 Å². The van der Waals surface area contributed by atoms with Gasteiger partial charge in [-0.25, -0.2) is 0 Å². The predicted molar refractivity (Wildman–Crippen MR) is 71.5 cm³/mol. The number of hydrogen-bond donors (Lipinski definition) is 1. The lowest BCUT2D eigenvalue weighted by Gasteiger charge is -2.39. The first-order valence-corrected chi connectivity index (χ1v) is 6.26. The van der Waals surface area contributed by atoms with E-state index in [-0.39, 0.29) is 29.4 Å². The van der Waals surface area contributed by atoms with Crippen LogP contribution in [0.1, 0.15) is 12.5 Å². The van der Waals surface area contributed by atoms with Crippen molar-refractivity contribution >= 4 is 11.4 Å². The highest BCUT2D eigenvalue weighted by Gasteiger charge is 2.26. The monoisotopic (exact) mass is 266 g/mol. The van der Waals surface area contributed by atoms with Gasteiger partial charge in [0.05, 0.1) is 24.2 Å². The Hall–Kier alpha value is -1.66. The van der Waals surface area contributed by atoms with Crippen molar-refractivity contribution in [2.75, 3.05) is 24.7 Å². The lowest BCUT2D eigenvalue weighted by atomic mass is 10.1. The molecule has 1 heterocycles. The van der Waals surface area contributed by atoms with E-state index in [1.807, 2.05) is 24.8 Å². The number of benzene rings is 1. The zero-order valence-corrected chi connectivity index (χ0v) is 11.1. The number of hydrogen-bond acceptors (Lipinski definition) is 5. The Morgan fingerprint density at radius 3 is 2.89 bits per heavy atom. The molecule has 0 radical (unpaired) electrons. The first kappa shape index (κ1) is 13.8. The average Bonchev–Trinajstić information content (AvgIpc) is 2.38. The number of nitrogens with zero attached hydrogens (tertiary/aromatic N) is 2. The van der Waals surface area contributed by atoms with Crippen LogP contribution in [0.2, 0.25) is 0 Å². The molecule has 1 aromatic rings. The molecule has 0 aliphatic carbocycles. The fraction of sp³-hybridized carbons (Fsp3) is 0.538. The molecular weight excluding hydrogens is 248 g/mol. The summed E-state index contributed by atoms with van der Waals surface area (Å²) in [5.41, 5.74) is 1.75. The molecule has 1 saturated heterocycles. The summed E-state index contributed by atoms with van der Waals surface area (Å²) in [7, 11) is 0. The van der Waals surface area contributed by atoms with Crippen molar-refractivity contribution in [1.82, 2.24) is 0 Å². The Morgan fingerprint density at radius 1 is 1.53 bits per heavy atom. The maximum atomic E-state index is 10.9. The zero-order valence-electron chi connectivity index (χ0n) is 11.1. The van der Waals surface area contributed by atoms with Crippen molar-refractivity contribution in [3.8, 4) is 0 Å². The van der Waals surface area contributed by atoms with Crippen molar-refractivity contribution in [2.45, 2.75) is 26.0 Å². The molecule has 19 heavy (non-hydrogen) atoms. The number of morpholine rings is 1. The van der Waals surface area contributed by atoms with Gasteiger partial charge in [0.25, 0.3) is 5.69 Å². The number of nitro groups is 1. The molecule has 0 bridgehead atoms. The topological polar surface area (TPSA) is 75.8 Å². The number of aryl methyl sites for hydroxylation is 1. The van der Waals surface area contributed by atoms with Gasteiger partial charge in [0, 0.05) is 30.4 Å². The maximum Gasteiger partial charge on any atom is 0.271 e. The summed E-state index contributed by atoms with van der Waals surface area (Å²) in [5, 5.41) is 20.1. The van der Waals surface area contributed by atoms with Gasteiger partial charge in [-0.1, -0.05) is 0 Å². The van der Waals surface area contributed by atoms with Gasteiger partial charge in [0.1, 0.15) is 0 Å². The SMILES string of the molecule is Cc1cc(N2CC(CO)OCC2C)cc([N+](=O)[O-])c1. The van der Waals surface area contributed by atoms with Gasteiger partial charge in [-0.2, -0.15) is 0 Å². The quantitative estimate of drug-likeness (QED) is 0.662. The molecule has 104 valence electrons. The molecule has 6 nitrogen and oxygen atoms in total. The minimum atomic E-state index is -0.384. The molecule has 1 aromatic carbocycles. The smallest absolute Gasteiger partial charge is 0.271 e. The Kier molecular flexibility index (Phi) is 4.01. The summed E-state index contributed by atoms with van der Waals surface area (Å²) in [6.07, 6.45) is -0.240. The molecule has 2 unspecified atom stereocenters. The number of rotatable bonds is 3. The van der Waals surface area contributed by atoms with Crippen molar-refractivity contribution in [3.63, 3.8) is 0 Å². The minimum absolute atomic E-state index is 0.0445. The second kappa shape index (κ2) is 5.54. The molecule has 1 N–H and O–H groups in total. The number of aliphatic hydroxyl groups is 1. The Balaban J connectivity index is 2.31. The molecule has 0 spiro atoms. The number of anilines is 1. The summed E-state index contributed by atoms with van der Waals surface area (Å²) >= 11 is 0. The van der Waals surface area contributed by atoms with Gasteiger partial charge in [-0.05, 0) is 25.5 Å². The molecular formula is C13H18N2O4. The van der Waals surface area contributed by atoms with E-state index < -0.39 is 0 Å². The van der Waals surface area contributed by atoms with E-state index in [0.717, 1.165) is 11.3 Å². The van der Waals surface area contributed by atoms with E-state index in [2.05, 4.69) is 0 Å². The highest BCUT2D eigenvalue weighted by atomic mass is 16.6. The molecule has 2 atom stereocenters. The van der Waals surface area contributed by atoms with Crippen molar-refractivity contribution in [1.29, 1.82) is 0 Å². The van der Waals surface area contributed by atoms with Crippen LogP contribution < -0.4 is 4.90 Å². The lowest BCUT2D eigenvalue weighted by Crippen LogP contribution is -2.49. The van der Waals surface area contributed by atoms with Gasteiger partial charge in [-0.3, -0.25) is 10.1 Å². The first-order valence-electron chi connectivity index (χ1n) is 6.26. The largest absolute Gasteiger partial charge is 0.394 e. The van der Waals surface area contributed by atoms with Crippen LogP contribution in [-0.2, 0) is 4.74 Å². The molecule has 0 aromatic heterocycles.